The Morgan fingerprint density at radius 1 is 0.967 bits per heavy atom. The highest BCUT2D eigenvalue weighted by Gasteiger charge is 2.24. The van der Waals surface area contributed by atoms with E-state index in [9.17, 15) is 13.2 Å². The topological polar surface area (TPSA) is 75.7 Å². The van der Waals surface area contributed by atoms with E-state index in [-0.39, 0.29) is 17.3 Å². The number of nitrogens with zero attached hydrogens (tertiary/aromatic N) is 1. The molecule has 0 aliphatic carbocycles. The third kappa shape index (κ3) is 5.07. The van der Waals surface area contributed by atoms with Gasteiger partial charge < -0.3 is 10.1 Å². The fourth-order valence-corrected chi connectivity index (χ4v) is 4.24. The molecule has 0 bridgehead atoms. The second-order valence-electron chi connectivity index (χ2n) is 6.44. The lowest BCUT2D eigenvalue weighted by molar-refractivity contribution is -0.114. The first kappa shape index (κ1) is 21.1. The first-order valence-corrected chi connectivity index (χ1v) is 10.7. The number of ether oxygens (including phenoxy) is 1. The van der Waals surface area contributed by atoms with Crippen LogP contribution in [0.2, 0.25) is 0 Å². The van der Waals surface area contributed by atoms with E-state index in [1.54, 1.807) is 36.4 Å². The van der Waals surface area contributed by atoms with Gasteiger partial charge in [-0.05, 0) is 60.7 Å². The molecule has 0 heterocycles. The van der Waals surface area contributed by atoms with Crippen LogP contribution < -0.4 is 14.4 Å². The fraction of sp³-hybridized carbons (Fsp3) is 0.0870. The summed E-state index contributed by atoms with van der Waals surface area (Å²) >= 11 is 0. The molecule has 3 rings (SSSR count). The Bertz CT molecular complexity index is 1110. The molecule has 0 radical (unpaired) electrons. The number of sulfonamides is 1. The van der Waals surface area contributed by atoms with Gasteiger partial charge in [-0.3, -0.25) is 9.10 Å². The van der Waals surface area contributed by atoms with E-state index in [2.05, 4.69) is 11.9 Å². The summed E-state index contributed by atoms with van der Waals surface area (Å²) in [4.78, 5) is 11.3. The molecule has 6 nitrogen and oxygen atoms in total. The largest absolute Gasteiger partial charge is 0.457 e. The van der Waals surface area contributed by atoms with Crippen LogP contribution in [0.15, 0.2) is 96.4 Å². The van der Waals surface area contributed by atoms with Gasteiger partial charge in [0.1, 0.15) is 11.5 Å². The van der Waals surface area contributed by atoms with Crippen LogP contribution in [0.3, 0.4) is 0 Å². The van der Waals surface area contributed by atoms with Gasteiger partial charge in [0.25, 0.3) is 10.0 Å². The van der Waals surface area contributed by atoms with Crippen LogP contribution >= 0.6 is 0 Å². The molecule has 0 spiro atoms. The molecule has 7 heteroatoms. The molecule has 0 unspecified atom stereocenters. The molecule has 3 aromatic carbocycles. The van der Waals surface area contributed by atoms with Crippen molar-refractivity contribution in [2.24, 2.45) is 0 Å². The van der Waals surface area contributed by atoms with Gasteiger partial charge in [-0.2, -0.15) is 0 Å². The third-order valence-electron chi connectivity index (χ3n) is 4.16. The standard InChI is InChI=1S/C23H22N2O4S/c1-3-17-25(30(27,28)23-15-9-19(10-16-23)24-18(2)26)20-11-13-22(14-12-20)29-21-7-5-4-6-8-21/h3-16H,1,17H2,2H3,(H,24,26). The van der Waals surface area contributed by atoms with Gasteiger partial charge in [0.15, 0.2) is 0 Å². The van der Waals surface area contributed by atoms with E-state index in [1.807, 2.05) is 30.3 Å². The molecule has 1 N–H and O–H groups in total. The van der Waals surface area contributed by atoms with E-state index in [0.29, 0.717) is 22.9 Å². The van der Waals surface area contributed by atoms with Crippen LogP contribution in [0.5, 0.6) is 11.5 Å². The lowest BCUT2D eigenvalue weighted by atomic mass is 10.3. The number of hydrogen-bond acceptors (Lipinski definition) is 4. The van der Waals surface area contributed by atoms with Gasteiger partial charge in [0.2, 0.25) is 5.91 Å². The Morgan fingerprint density at radius 2 is 1.57 bits per heavy atom. The monoisotopic (exact) mass is 422 g/mol. The van der Waals surface area contributed by atoms with Gasteiger partial charge in [0, 0.05) is 12.6 Å². The number of amides is 1. The van der Waals surface area contributed by atoms with Gasteiger partial charge in [-0.15, -0.1) is 6.58 Å². The zero-order valence-corrected chi connectivity index (χ0v) is 17.3. The van der Waals surface area contributed by atoms with Crippen molar-refractivity contribution in [2.75, 3.05) is 16.2 Å². The Morgan fingerprint density at radius 3 is 2.13 bits per heavy atom. The number of nitrogens with one attached hydrogen (secondary N) is 1. The molecule has 0 saturated heterocycles. The summed E-state index contributed by atoms with van der Waals surface area (Å²) in [6.07, 6.45) is 1.53. The summed E-state index contributed by atoms with van der Waals surface area (Å²) in [5.74, 6) is 1.07. The normalized spacial score (nSPS) is 10.8. The molecule has 0 saturated carbocycles. The molecular formula is C23H22N2O4S. The first-order chi connectivity index (χ1) is 14.4. The minimum Gasteiger partial charge on any atom is -0.457 e. The highest BCUT2D eigenvalue weighted by Crippen LogP contribution is 2.28. The number of carbonyl (C=O) groups excluding carboxylic acids is 1. The summed E-state index contributed by atoms with van der Waals surface area (Å²) in [6, 6.07) is 22.2. The molecule has 0 aliphatic heterocycles. The second kappa shape index (κ2) is 9.28. The summed E-state index contributed by atoms with van der Waals surface area (Å²) in [5.41, 5.74) is 1.01. The van der Waals surface area contributed by atoms with Crippen molar-refractivity contribution < 1.29 is 17.9 Å². The number of para-hydroxylation sites is 1. The predicted octanol–water partition coefficient (Wildman–Crippen LogP) is 4.82. The van der Waals surface area contributed by atoms with Gasteiger partial charge in [-0.1, -0.05) is 24.3 Å². The van der Waals surface area contributed by atoms with Crippen molar-refractivity contribution >= 4 is 27.3 Å². The van der Waals surface area contributed by atoms with Crippen LogP contribution in [0, 0.1) is 0 Å². The van der Waals surface area contributed by atoms with E-state index < -0.39 is 10.0 Å². The van der Waals surface area contributed by atoms with Crippen LogP contribution in [0.1, 0.15) is 6.92 Å². The zero-order valence-electron chi connectivity index (χ0n) is 16.5. The number of anilines is 2. The summed E-state index contributed by atoms with van der Waals surface area (Å²) in [7, 11) is -3.82. The SMILES string of the molecule is C=CCN(c1ccc(Oc2ccccc2)cc1)S(=O)(=O)c1ccc(NC(C)=O)cc1. The van der Waals surface area contributed by atoms with Crippen LogP contribution in [0.4, 0.5) is 11.4 Å². The predicted molar refractivity (Wildman–Crippen MR) is 118 cm³/mol. The third-order valence-corrected chi connectivity index (χ3v) is 5.97. The fourth-order valence-electron chi connectivity index (χ4n) is 2.81. The van der Waals surface area contributed by atoms with E-state index >= 15 is 0 Å². The van der Waals surface area contributed by atoms with E-state index in [1.165, 1.54) is 29.4 Å². The number of carbonyl (C=O) groups is 1. The maximum Gasteiger partial charge on any atom is 0.264 e. The Labute approximate surface area is 176 Å². The molecule has 0 fully saturated rings. The van der Waals surface area contributed by atoms with Crippen LogP contribution in [0.25, 0.3) is 0 Å². The Kier molecular flexibility index (Phi) is 6.54. The Hall–Kier alpha value is -3.58. The number of rotatable bonds is 8. The lowest BCUT2D eigenvalue weighted by Crippen LogP contribution is -2.31. The minimum absolute atomic E-state index is 0.106. The molecule has 0 atom stereocenters. The number of benzene rings is 3. The van der Waals surface area contributed by atoms with Crippen molar-refractivity contribution in [3.8, 4) is 11.5 Å². The average Bonchev–Trinajstić information content (AvgIpc) is 2.73. The molecule has 1 amide bonds. The van der Waals surface area contributed by atoms with Crippen LogP contribution in [-0.2, 0) is 14.8 Å². The van der Waals surface area contributed by atoms with Crippen molar-refractivity contribution in [1.29, 1.82) is 0 Å². The average molecular weight is 423 g/mol. The van der Waals surface area contributed by atoms with Crippen LogP contribution in [-0.4, -0.2) is 20.9 Å². The molecular weight excluding hydrogens is 400 g/mol. The molecule has 154 valence electrons. The first-order valence-electron chi connectivity index (χ1n) is 9.24. The molecule has 30 heavy (non-hydrogen) atoms. The van der Waals surface area contributed by atoms with Crippen molar-refractivity contribution in [3.05, 3.63) is 91.5 Å². The highest BCUT2D eigenvalue weighted by molar-refractivity contribution is 7.92. The lowest BCUT2D eigenvalue weighted by Gasteiger charge is -2.23. The smallest absolute Gasteiger partial charge is 0.264 e. The zero-order chi connectivity index (χ0) is 21.6. The number of hydrogen-bond donors (Lipinski definition) is 1. The summed E-state index contributed by atoms with van der Waals surface area (Å²) in [5, 5.41) is 2.62. The highest BCUT2D eigenvalue weighted by atomic mass is 32.2. The van der Waals surface area contributed by atoms with Crippen molar-refractivity contribution in [2.45, 2.75) is 11.8 Å². The van der Waals surface area contributed by atoms with Gasteiger partial charge >= 0.3 is 0 Å². The Balaban J connectivity index is 1.85. The van der Waals surface area contributed by atoms with E-state index in [4.69, 9.17) is 4.74 Å². The maximum absolute atomic E-state index is 13.2. The van der Waals surface area contributed by atoms with E-state index in [0.717, 1.165) is 0 Å². The molecule has 3 aromatic rings. The molecule has 0 aliphatic rings. The second-order valence-corrected chi connectivity index (χ2v) is 8.30. The molecule has 0 aromatic heterocycles. The maximum atomic E-state index is 13.2. The summed E-state index contributed by atoms with van der Waals surface area (Å²) < 4.78 is 33.4. The quantitative estimate of drug-likeness (QED) is 0.528. The van der Waals surface area contributed by atoms with Crippen molar-refractivity contribution in [3.63, 3.8) is 0 Å². The van der Waals surface area contributed by atoms with Crippen molar-refractivity contribution in [1.82, 2.24) is 0 Å². The summed E-state index contributed by atoms with van der Waals surface area (Å²) in [6.45, 7) is 5.17. The minimum atomic E-state index is -3.82. The van der Waals surface area contributed by atoms with Gasteiger partial charge in [0.05, 0.1) is 17.1 Å². The van der Waals surface area contributed by atoms with Gasteiger partial charge in [-0.25, -0.2) is 8.42 Å².